The van der Waals surface area contributed by atoms with Gasteiger partial charge in [0.2, 0.25) is 0 Å². The molecule has 0 saturated carbocycles. The Hall–Kier alpha value is -0.280. The quantitative estimate of drug-likeness (QED) is 0.595. The maximum atomic E-state index is 10.3. The lowest BCUT2D eigenvalue weighted by Gasteiger charge is -2.02. The minimum absolute atomic E-state index is 0.326. The van der Waals surface area contributed by atoms with Gasteiger partial charge in [-0.05, 0) is 14.0 Å². The van der Waals surface area contributed by atoms with Gasteiger partial charge < -0.3 is 9.61 Å². The van der Waals surface area contributed by atoms with E-state index in [0.717, 1.165) is 0 Å². The van der Waals surface area contributed by atoms with Gasteiger partial charge in [0.05, 0.1) is 0 Å². The number of carbonyl (C=O) groups is 1. The molecule has 0 amide bonds. The molecule has 0 heterocycles. The summed E-state index contributed by atoms with van der Waals surface area (Å²) in [5.41, 5.74) is 0. The van der Waals surface area contributed by atoms with E-state index in [-0.39, 0.29) is 6.04 Å². The molecule has 0 rings (SSSR count). The van der Waals surface area contributed by atoms with Crippen LogP contribution in [0.1, 0.15) is 6.92 Å². The highest BCUT2D eigenvalue weighted by Gasteiger charge is 2.09. The van der Waals surface area contributed by atoms with Crippen LogP contribution in [0.4, 0.5) is 0 Å². The summed E-state index contributed by atoms with van der Waals surface area (Å²) < 4.78 is 3.87. The fourth-order valence-corrected chi connectivity index (χ4v) is 0.318. The number of nitrogens with one attached hydrogen (secondary N) is 1. The van der Waals surface area contributed by atoms with Gasteiger partial charge in [-0.1, -0.05) is 0 Å². The zero-order valence-electron chi connectivity index (χ0n) is 4.77. The van der Waals surface area contributed by atoms with Crippen molar-refractivity contribution in [3.05, 3.63) is 0 Å². The van der Waals surface area contributed by atoms with E-state index in [9.17, 15) is 4.79 Å². The number of hydrogen-bond acceptors (Lipinski definition) is 3. The lowest BCUT2D eigenvalue weighted by molar-refractivity contribution is -0.135. The first-order chi connectivity index (χ1) is 3.72. The standard InChI is InChI=1S/C4H8ClNO2/c1-3(6-2)4(7)8-5/h3,6H,1-2H3. The third kappa shape index (κ3) is 2.14. The zero-order valence-corrected chi connectivity index (χ0v) is 5.53. The van der Waals surface area contributed by atoms with E-state index in [2.05, 4.69) is 9.61 Å². The van der Waals surface area contributed by atoms with Gasteiger partial charge in [0.1, 0.15) is 17.9 Å². The Morgan fingerprint density at radius 3 is 2.50 bits per heavy atom. The highest BCUT2D eigenvalue weighted by molar-refractivity contribution is 6.13. The van der Waals surface area contributed by atoms with Crippen LogP contribution in [0.3, 0.4) is 0 Å². The van der Waals surface area contributed by atoms with Crippen molar-refractivity contribution in [2.24, 2.45) is 0 Å². The van der Waals surface area contributed by atoms with E-state index < -0.39 is 5.97 Å². The third-order valence-electron chi connectivity index (χ3n) is 0.863. The number of halogens is 1. The van der Waals surface area contributed by atoms with E-state index in [4.69, 9.17) is 11.9 Å². The summed E-state index contributed by atoms with van der Waals surface area (Å²) in [6.07, 6.45) is 0. The van der Waals surface area contributed by atoms with E-state index in [1.807, 2.05) is 0 Å². The molecule has 0 aromatic carbocycles. The highest BCUT2D eigenvalue weighted by Crippen LogP contribution is 1.87. The summed E-state index contributed by atoms with van der Waals surface area (Å²) >= 11 is 4.74. The molecule has 4 heteroatoms. The van der Waals surface area contributed by atoms with Gasteiger partial charge in [-0.25, -0.2) is 4.79 Å². The van der Waals surface area contributed by atoms with Gasteiger partial charge in [0.25, 0.3) is 0 Å². The van der Waals surface area contributed by atoms with Gasteiger partial charge in [0, 0.05) is 0 Å². The molecule has 0 saturated heterocycles. The number of carbonyl (C=O) groups excluding carboxylic acids is 1. The first-order valence-electron chi connectivity index (χ1n) is 2.22. The Morgan fingerprint density at radius 2 is 2.38 bits per heavy atom. The Morgan fingerprint density at radius 1 is 1.88 bits per heavy atom. The van der Waals surface area contributed by atoms with Crippen LogP contribution in [0.15, 0.2) is 0 Å². The molecular formula is C4H8ClNO2. The van der Waals surface area contributed by atoms with Crippen LogP contribution in [-0.4, -0.2) is 19.1 Å². The lowest BCUT2D eigenvalue weighted by atomic mass is 10.4. The smallest absolute Gasteiger partial charge is 0.341 e. The summed E-state index contributed by atoms with van der Waals surface area (Å²) in [4.78, 5) is 10.3. The average Bonchev–Trinajstić information content (AvgIpc) is 1.84. The molecule has 3 nitrogen and oxygen atoms in total. The largest absolute Gasteiger partial charge is 0.346 e. The molecule has 0 aromatic heterocycles. The molecular weight excluding hydrogens is 130 g/mol. The van der Waals surface area contributed by atoms with Crippen LogP contribution in [-0.2, 0) is 9.08 Å². The predicted molar refractivity (Wildman–Crippen MR) is 30.5 cm³/mol. The molecule has 0 aliphatic carbocycles. The normalized spacial score (nSPS) is 12.9. The van der Waals surface area contributed by atoms with Crippen molar-refractivity contribution in [1.82, 2.24) is 5.32 Å². The Bertz CT molecular complexity index is 86.1. The maximum absolute atomic E-state index is 10.3. The molecule has 0 spiro atoms. The maximum Gasteiger partial charge on any atom is 0.341 e. The number of hydrogen-bond donors (Lipinski definition) is 1. The molecule has 0 aromatic rings. The second-order valence-electron chi connectivity index (χ2n) is 1.41. The second-order valence-corrected chi connectivity index (χ2v) is 1.56. The predicted octanol–water partition coefficient (Wildman–Crippen LogP) is 0.291. The van der Waals surface area contributed by atoms with Crippen LogP contribution in [0.2, 0.25) is 0 Å². The molecule has 8 heavy (non-hydrogen) atoms. The summed E-state index contributed by atoms with van der Waals surface area (Å²) in [7, 11) is 1.65. The van der Waals surface area contributed by atoms with E-state index in [1.54, 1.807) is 14.0 Å². The number of likely N-dealkylation sites (N-methyl/N-ethyl adjacent to an activating group) is 1. The van der Waals surface area contributed by atoms with Crippen LogP contribution < -0.4 is 5.32 Å². The monoisotopic (exact) mass is 137 g/mol. The van der Waals surface area contributed by atoms with Gasteiger partial charge in [-0.3, -0.25) is 0 Å². The summed E-state index contributed by atoms with van der Waals surface area (Å²) in [6.45, 7) is 1.66. The fourth-order valence-electron chi connectivity index (χ4n) is 0.185. The minimum atomic E-state index is -0.464. The summed E-state index contributed by atoms with van der Waals surface area (Å²) in [5.74, 6) is -0.464. The van der Waals surface area contributed by atoms with Crippen molar-refractivity contribution in [2.75, 3.05) is 7.05 Å². The lowest BCUT2D eigenvalue weighted by Crippen LogP contribution is -2.30. The van der Waals surface area contributed by atoms with Gasteiger partial charge >= 0.3 is 5.97 Å². The van der Waals surface area contributed by atoms with E-state index in [1.165, 1.54) is 0 Å². The molecule has 48 valence electrons. The fraction of sp³-hybridized carbons (Fsp3) is 0.750. The van der Waals surface area contributed by atoms with Crippen LogP contribution in [0.5, 0.6) is 0 Å². The van der Waals surface area contributed by atoms with Crippen molar-refractivity contribution in [1.29, 1.82) is 0 Å². The first-order valence-corrected chi connectivity index (χ1v) is 2.53. The van der Waals surface area contributed by atoms with Crippen molar-refractivity contribution in [2.45, 2.75) is 13.0 Å². The Labute approximate surface area is 53.1 Å². The minimum Gasteiger partial charge on any atom is -0.346 e. The Balaban J connectivity index is 3.46. The molecule has 1 unspecified atom stereocenters. The van der Waals surface area contributed by atoms with Crippen LogP contribution in [0, 0.1) is 0 Å². The average molecular weight is 138 g/mol. The van der Waals surface area contributed by atoms with Crippen LogP contribution in [0.25, 0.3) is 0 Å². The highest BCUT2D eigenvalue weighted by atomic mass is 35.5. The molecule has 1 N–H and O–H groups in total. The van der Waals surface area contributed by atoms with Crippen molar-refractivity contribution in [3.63, 3.8) is 0 Å². The molecule has 0 bridgehead atoms. The summed E-state index contributed by atoms with van der Waals surface area (Å²) in [6, 6.07) is -0.326. The van der Waals surface area contributed by atoms with E-state index in [0.29, 0.717) is 0 Å². The van der Waals surface area contributed by atoms with Gasteiger partial charge in [-0.15, -0.1) is 0 Å². The van der Waals surface area contributed by atoms with Gasteiger partial charge in [0.15, 0.2) is 0 Å². The molecule has 0 aliphatic rings. The van der Waals surface area contributed by atoms with Crippen molar-refractivity contribution < 1.29 is 9.08 Å². The third-order valence-corrected chi connectivity index (χ3v) is 1.01. The van der Waals surface area contributed by atoms with Crippen molar-refractivity contribution in [3.8, 4) is 0 Å². The zero-order chi connectivity index (χ0) is 6.57. The second kappa shape index (κ2) is 3.69. The molecule has 0 fully saturated rings. The SMILES string of the molecule is CNC(C)C(=O)OCl. The Kier molecular flexibility index (Phi) is 3.56. The molecule has 1 atom stereocenters. The number of rotatable bonds is 2. The molecule has 0 radical (unpaired) electrons. The topological polar surface area (TPSA) is 38.3 Å². The van der Waals surface area contributed by atoms with Crippen molar-refractivity contribution >= 4 is 17.8 Å². The summed E-state index contributed by atoms with van der Waals surface area (Å²) in [5, 5.41) is 2.66. The first kappa shape index (κ1) is 7.72. The van der Waals surface area contributed by atoms with Crippen LogP contribution >= 0.6 is 11.9 Å². The molecule has 0 aliphatic heterocycles. The van der Waals surface area contributed by atoms with E-state index >= 15 is 0 Å². The van der Waals surface area contributed by atoms with Gasteiger partial charge in [-0.2, -0.15) is 0 Å².